The van der Waals surface area contributed by atoms with Crippen molar-refractivity contribution in [3.63, 3.8) is 0 Å². The van der Waals surface area contributed by atoms with Gasteiger partial charge in [-0.05, 0) is 42.0 Å². The van der Waals surface area contributed by atoms with Crippen molar-refractivity contribution in [1.82, 2.24) is 0 Å². The Morgan fingerprint density at radius 3 is 2.56 bits per heavy atom. The van der Waals surface area contributed by atoms with Gasteiger partial charge in [0.2, 0.25) is 0 Å². The zero-order valence-electron chi connectivity index (χ0n) is 9.77. The molecule has 3 rings (SSSR count). The molecular weight excluding hydrogens is 216 g/mol. The quantitative estimate of drug-likeness (QED) is 0.504. The van der Waals surface area contributed by atoms with Gasteiger partial charge in [-0.15, -0.1) is 11.5 Å². The van der Waals surface area contributed by atoms with Crippen LogP contribution in [-0.4, -0.2) is 0 Å². The Balaban J connectivity index is 1.92. The van der Waals surface area contributed by atoms with Crippen molar-refractivity contribution in [3.05, 3.63) is 88.9 Å². The molecule has 0 aliphatic heterocycles. The van der Waals surface area contributed by atoms with E-state index in [0.717, 1.165) is 22.3 Å². The van der Waals surface area contributed by atoms with Gasteiger partial charge in [0.1, 0.15) is 0 Å². The SMILES string of the molecule is C1=CC=CC=1C#Cc1cccc(C2=C=CC=C2)c1. The van der Waals surface area contributed by atoms with E-state index in [1.54, 1.807) is 0 Å². The summed E-state index contributed by atoms with van der Waals surface area (Å²) >= 11 is 0. The molecule has 0 heteroatoms. The summed E-state index contributed by atoms with van der Waals surface area (Å²) in [7, 11) is 0. The van der Waals surface area contributed by atoms with E-state index in [4.69, 9.17) is 0 Å². The molecule has 0 fully saturated rings. The van der Waals surface area contributed by atoms with Gasteiger partial charge in [0.05, 0.1) is 5.57 Å². The first-order valence-corrected chi connectivity index (χ1v) is 5.81. The Hall–Kier alpha value is -2.70. The first-order valence-electron chi connectivity index (χ1n) is 5.81. The lowest BCUT2D eigenvalue weighted by atomic mass is 10.0. The summed E-state index contributed by atoms with van der Waals surface area (Å²) < 4.78 is 0. The molecule has 18 heavy (non-hydrogen) atoms. The van der Waals surface area contributed by atoms with E-state index in [0.29, 0.717) is 0 Å². The fraction of sp³-hybridized carbons (Fsp3) is 0. The minimum atomic E-state index is 0.931. The van der Waals surface area contributed by atoms with Crippen LogP contribution in [0.25, 0.3) is 5.57 Å². The van der Waals surface area contributed by atoms with E-state index in [2.05, 4.69) is 41.5 Å². The molecule has 1 aromatic rings. The Kier molecular flexibility index (Phi) is 2.71. The highest BCUT2D eigenvalue weighted by molar-refractivity contribution is 5.76. The Labute approximate surface area is 107 Å². The van der Waals surface area contributed by atoms with Gasteiger partial charge in [0.25, 0.3) is 0 Å². The van der Waals surface area contributed by atoms with Gasteiger partial charge in [-0.25, -0.2) is 0 Å². The molecular formula is C18H10. The molecule has 0 unspecified atom stereocenters. The van der Waals surface area contributed by atoms with Gasteiger partial charge in [-0.3, -0.25) is 0 Å². The Morgan fingerprint density at radius 1 is 0.889 bits per heavy atom. The fourth-order valence-corrected chi connectivity index (χ4v) is 1.82. The number of allylic oxidation sites excluding steroid dienone is 6. The van der Waals surface area contributed by atoms with Crippen LogP contribution >= 0.6 is 0 Å². The number of rotatable bonds is 1. The molecule has 0 N–H and O–H groups in total. The van der Waals surface area contributed by atoms with Crippen LogP contribution in [0.3, 0.4) is 0 Å². The summed E-state index contributed by atoms with van der Waals surface area (Å²) in [5.74, 6) is 6.25. The van der Waals surface area contributed by atoms with Crippen molar-refractivity contribution in [2.75, 3.05) is 0 Å². The molecule has 0 spiro atoms. The van der Waals surface area contributed by atoms with Gasteiger partial charge >= 0.3 is 0 Å². The van der Waals surface area contributed by atoms with Crippen molar-refractivity contribution in [2.45, 2.75) is 0 Å². The van der Waals surface area contributed by atoms with E-state index >= 15 is 0 Å². The van der Waals surface area contributed by atoms with Crippen molar-refractivity contribution < 1.29 is 0 Å². The minimum Gasteiger partial charge on any atom is -0.112 e. The van der Waals surface area contributed by atoms with Crippen LogP contribution in [0.15, 0.2) is 77.8 Å². The maximum absolute atomic E-state index is 3.20. The highest BCUT2D eigenvalue weighted by Gasteiger charge is 1.99. The summed E-state index contributed by atoms with van der Waals surface area (Å²) in [6.45, 7) is 0. The van der Waals surface area contributed by atoms with Crippen LogP contribution in [0.4, 0.5) is 0 Å². The first kappa shape index (κ1) is 10.5. The van der Waals surface area contributed by atoms with Crippen LogP contribution in [0.1, 0.15) is 11.1 Å². The van der Waals surface area contributed by atoms with Crippen molar-refractivity contribution in [3.8, 4) is 11.8 Å². The van der Waals surface area contributed by atoms with Crippen LogP contribution in [-0.2, 0) is 0 Å². The molecule has 0 amide bonds. The highest BCUT2D eigenvalue weighted by Crippen LogP contribution is 2.18. The van der Waals surface area contributed by atoms with Crippen LogP contribution < -0.4 is 0 Å². The molecule has 0 heterocycles. The summed E-state index contributed by atoms with van der Waals surface area (Å²) in [5, 5.41) is 0. The maximum atomic E-state index is 3.20. The van der Waals surface area contributed by atoms with E-state index in [1.807, 2.05) is 42.5 Å². The highest BCUT2D eigenvalue weighted by atomic mass is 14.0. The number of benzene rings is 1. The average molecular weight is 226 g/mol. The third-order valence-electron chi connectivity index (χ3n) is 2.71. The molecule has 0 saturated heterocycles. The standard InChI is InChI=1S/C18H10/c1-2-7-15(6-1)12-13-16-8-5-11-18(14-16)17-9-3-4-10-17/h1-6,8-9,11,14H. The monoisotopic (exact) mass is 226 g/mol. The Bertz CT molecular complexity index is 743. The lowest BCUT2D eigenvalue weighted by Gasteiger charge is -1.98. The zero-order chi connectivity index (χ0) is 12.2. The average Bonchev–Trinajstić information content (AvgIpc) is 3.10. The first-order chi connectivity index (χ1) is 8.92. The van der Waals surface area contributed by atoms with Crippen LogP contribution in [0.2, 0.25) is 0 Å². The third-order valence-corrected chi connectivity index (χ3v) is 2.71. The smallest absolute Gasteiger partial charge is 0.0667 e. The largest absolute Gasteiger partial charge is 0.112 e. The predicted molar refractivity (Wildman–Crippen MR) is 74.7 cm³/mol. The molecule has 2 aliphatic rings. The fourth-order valence-electron chi connectivity index (χ4n) is 1.82. The predicted octanol–water partition coefficient (Wildman–Crippen LogP) is 3.80. The molecule has 0 bridgehead atoms. The van der Waals surface area contributed by atoms with Gasteiger partial charge in [0, 0.05) is 11.1 Å². The Morgan fingerprint density at radius 2 is 1.78 bits per heavy atom. The molecule has 0 atom stereocenters. The third kappa shape index (κ3) is 2.19. The number of hydrogen-bond donors (Lipinski definition) is 0. The van der Waals surface area contributed by atoms with E-state index in [9.17, 15) is 0 Å². The van der Waals surface area contributed by atoms with Crippen molar-refractivity contribution in [2.24, 2.45) is 0 Å². The van der Waals surface area contributed by atoms with E-state index < -0.39 is 0 Å². The lowest BCUT2D eigenvalue weighted by molar-refractivity contribution is 1.58. The lowest BCUT2D eigenvalue weighted by Crippen LogP contribution is -1.81. The molecule has 82 valence electrons. The summed E-state index contributed by atoms with van der Waals surface area (Å²) in [4.78, 5) is 0. The van der Waals surface area contributed by atoms with Crippen LogP contribution in [0.5, 0.6) is 0 Å². The van der Waals surface area contributed by atoms with Crippen LogP contribution in [0, 0.1) is 11.8 Å². The minimum absolute atomic E-state index is 0.931. The molecule has 0 aromatic heterocycles. The summed E-state index contributed by atoms with van der Waals surface area (Å²) in [5.41, 5.74) is 10.5. The van der Waals surface area contributed by atoms with Gasteiger partial charge in [-0.2, -0.15) is 0 Å². The second kappa shape index (κ2) is 4.66. The van der Waals surface area contributed by atoms with Gasteiger partial charge < -0.3 is 0 Å². The second-order valence-electron chi connectivity index (χ2n) is 4.00. The summed E-state index contributed by atoms with van der Waals surface area (Å²) in [6.07, 6.45) is 11.7. The summed E-state index contributed by atoms with van der Waals surface area (Å²) in [6, 6.07) is 8.20. The van der Waals surface area contributed by atoms with E-state index in [1.165, 1.54) is 0 Å². The van der Waals surface area contributed by atoms with Gasteiger partial charge in [-0.1, -0.05) is 36.1 Å². The van der Waals surface area contributed by atoms with Crippen molar-refractivity contribution >= 4 is 5.57 Å². The topological polar surface area (TPSA) is 0 Å². The normalized spacial score (nSPS) is 14.4. The molecule has 2 aliphatic carbocycles. The molecule has 1 aromatic carbocycles. The zero-order valence-corrected chi connectivity index (χ0v) is 9.77. The molecule has 0 saturated carbocycles. The number of hydrogen-bond acceptors (Lipinski definition) is 0. The van der Waals surface area contributed by atoms with Crippen molar-refractivity contribution in [1.29, 1.82) is 0 Å². The van der Waals surface area contributed by atoms with E-state index in [-0.39, 0.29) is 0 Å². The molecule has 0 radical (unpaired) electrons. The van der Waals surface area contributed by atoms with Gasteiger partial charge in [0.15, 0.2) is 0 Å². The molecule has 0 nitrogen and oxygen atoms in total. The maximum Gasteiger partial charge on any atom is 0.0667 e. The second-order valence-corrected chi connectivity index (χ2v) is 4.00.